The van der Waals surface area contributed by atoms with E-state index in [9.17, 15) is 0 Å². The Hall–Kier alpha value is -0.990. The van der Waals surface area contributed by atoms with Crippen LogP contribution in [-0.4, -0.2) is 9.78 Å². The number of hydrogen-bond donors (Lipinski definition) is 1. The summed E-state index contributed by atoms with van der Waals surface area (Å²) in [6.07, 6.45) is 9.39. The van der Waals surface area contributed by atoms with Crippen molar-refractivity contribution in [3.8, 4) is 0 Å². The third-order valence-corrected chi connectivity index (χ3v) is 6.06. The molecule has 4 aliphatic carbocycles. The highest BCUT2D eigenvalue weighted by atomic mass is 15.4. The van der Waals surface area contributed by atoms with Crippen molar-refractivity contribution >= 4 is 5.82 Å². The number of rotatable bonds is 2. The van der Waals surface area contributed by atoms with Crippen LogP contribution in [0.15, 0.2) is 0 Å². The number of aromatic nitrogens is 2. The molecule has 4 saturated carbocycles. The Bertz CT molecular complexity index is 479. The number of hydrogen-bond acceptors (Lipinski definition) is 2. The van der Waals surface area contributed by atoms with E-state index in [0.29, 0.717) is 0 Å². The highest BCUT2D eigenvalue weighted by molar-refractivity contribution is 5.43. The first kappa shape index (κ1) is 11.8. The Morgan fingerprint density at radius 3 is 2.11 bits per heavy atom. The molecular weight excluding hydrogens is 234 g/mol. The molecule has 0 radical (unpaired) electrons. The first-order chi connectivity index (χ1) is 9.11. The zero-order valence-electron chi connectivity index (χ0n) is 12.2. The van der Waals surface area contributed by atoms with E-state index in [1.165, 1.54) is 49.8 Å². The van der Waals surface area contributed by atoms with Crippen molar-refractivity contribution in [2.24, 2.45) is 17.8 Å². The number of aryl methyl sites for hydroxylation is 1. The van der Waals surface area contributed by atoms with Crippen molar-refractivity contribution in [2.75, 3.05) is 5.73 Å². The van der Waals surface area contributed by atoms with Crippen molar-refractivity contribution in [3.05, 3.63) is 11.3 Å². The number of anilines is 1. The molecule has 0 spiro atoms. The molecule has 3 nitrogen and oxygen atoms in total. The summed E-state index contributed by atoms with van der Waals surface area (Å²) in [5, 5.41) is 4.91. The van der Waals surface area contributed by atoms with Crippen molar-refractivity contribution in [2.45, 2.75) is 64.3 Å². The van der Waals surface area contributed by atoms with E-state index >= 15 is 0 Å². The molecule has 3 heteroatoms. The van der Waals surface area contributed by atoms with Crippen LogP contribution in [0, 0.1) is 24.7 Å². The Kier molecular flexibility index (Phi) is 2.34. The molecule has 4 bridgehead atoms. The van der Waals surface area contributed by atoms with Gasteiger partial charge < -0.3 is 5.73 Å². The molecule has 0 aliphatic heterocycles. The summed E-state index contributed by atoms with van der Waals surface area (Å²) in [4.78, 5) is 0. The first-order valence-electron chi connectivity index (χ1n) is 7.96. The van der Waals surface area contributed by atoms with E-state index in [-0.39, 0.29) is 5.54 Å². The zero-order valence-corrected chi connectivity index (χ0v) is 12.2. The summed E-state index contributed by atoms with van der Waals surface area (Å²) in [6.45, 7) is 4.32. The predicted molar refractivity (Wildman–Crippen MR) is 76.9 cm³/mol. The van der Waals surface area contributed by atoms with Crippen LogP contribution in [-0.2, 0) is 12.0 Å². The van der Waals surface area contributed by atoms with E-state index in [4.69, 9.17) is 10.8 Å². The van der Waals surface area contributed by atoms with Gasteiger partial charge in [0.05, 0.1) is 11.2 Å². The third kappa shape index (κ3) is 1.53. The van der Waals surface area contributed by atoms with Crippen LogP contribution >= 0.6 is 0 Å². The number of nitrogens with zero attached hydrogens (tertiary/aromatic N) is 2. The molecule has 5 rings (SSSR count). The van der Waals surface area contributed by atoms with Crippen LogP contribution in [0.25, 0.3) is 0 Å². The molecule has 0 unspecified atom stereocenters. The summed E-state index contributed by atoms with van der Waals surface area (Å²) < 4.78 is 2.26. The fourth-order valence-electron chi connectivity index (χ4n) is 5.58. The van der Waals surface area contributed by atoms with E-state index in [2.05, 4.69) is 18.5 Å². The molecule has 4 aliphatic rings. The largest absolute Gasteiger partial charge is 0.384 e. The maximum atomic E-state index is 6.40. The zero-order chi connectivity index (χ0) is 13.2. The Labute approximate surface area is 115 Å². The molecular formula is C16H25N3. The van der Waals surface area contributed by atoms with Gasteiger partial charge in [-0.3, -0.25) is 0 Å². The molecule has 0 saturated heterocycles. The average molecular weight is 259 g/mol. The van der Waals surface area contributed by atoms with Gasteiger partial charge in [-0.2, -0.15) is 5.10 Å². The lowest BCUT2D eigenvalue weighted by molar-refractivity contribution is -0.0483. The summed E-state index contributed by atoms with van der Waals surface area (Å²) in [5.74, 6) is 3.78. The normalized spacial score (nSPS) is 40.0. The molecule has 1 aromatic heterocycles. The minimum absolute atomic E-state index is 0.275. The van der Waals surface area contributed by atoms with Gasteiger partial charge in [-0.1, -0.05) is 6.92 Å². The lowest BCUT2D eigenvalue weighted by atomic mass is 9.53. The van der Waals surface area contributed by atoms with Gasteiger partial charge in [-0.25, -0.2) is 4.68 Å². The standard InChI is InChI=1S/C16H25N3/c1-3-14-10(2)15(17)19(18-14)16-7-11-4-12(8-16)6-13(5-11)9-16/h11-13H,3-9,17H2,1-2H3. The lowest BCUT2D eigenvalue weighted by Gasteiger charge is -2.56. The number of nitrogens with two attached hydrogens (primary N) is 1. The molecule has 19 heavy (non-hydrogen) atoms. The average Bonchev–Trinajstić information content (AvgIpc) is 2.65. The molecule has 0 atom stereocenters. The van der Waals surface area contributed by atoms with E-state index in [0.717, 1.165) is 30.0 Å². The molecule has 104 valence electrons. The second-order valence-corrected chi connectivity index (χ2v) is 7.36. The third-order valence-electron chi connectivity index (χ3n) is 6.06. The van der Waals surface area contributed by atoms with E-state index in [1.807, 2.05) is 0 Å². The maximum absolute atomic E-state index is 6.40. The predicted octanol–water partition coefficient (Wildman–Crippen LogP) is 3.26. The molecule has 0 amide bonds. The minimum Gasteiger partial charge on any atom is -0.384 e. The van der Waals surface area contributed by atoms with Crippen molar-refractivity contribution in [1.82, 2.24) is 9.78 Å². The molecule has 1 aromatic rings. The fraction of sp³-hybridized carbons (Fsp3) is 0.812. The van der Waals surface area contributed by atoms with Gasteiger partial charge in [-0.15, -0.1) is 0 Å². The smallest absolute Gasteiger partial charge is 0.125 e. The van der Waals surface area contributed by atoms with Crippen LogP contribution in [0.4, 0.5) is 5.82 Å². The summed E-state index contributed by atoms with van der Waals surface area (Å²) in [5.41, 5.74) is 9.10. The Morgan fingerprint density at radius 1 is 1.16 bits per heavy atom. The van der Waals surface area contributed by atoms with E-state index < -0.39 is 0 Å². The van der Waals surface area contributed by atoms with Gasteiger partial charge in [-0.05, 0) is 69.6 Å². The molecule has 1 heterocycles. The van der Waals surface area contributed by atoms with Gasteiger partial charge in [0.25, 0.3) is 0 Å². The second-order valence-electron chi connectivity index (χ2n) is 7.36. The van der Waals surface area contributed by atoms with Gasteiger partial charge >= 0.3 is 0 Å². The van der Waals surface area contributed by atoms with Crippen LogP contribution in [0.5, 0.6) is 0 Å². The topological polar surface area (TPSA) is 43.8 Å². The maximum Gasteiger partial charge on any atom is 0.125 e. The Balaban J connectivity index is 1.79. The Morgan fingerprint density at radius 2 is 1.68 bits per heavy atom. The van der Waals surface area contributed by atoms with Gasteiger partial charge in [0.2, 0.25) is 0 Å². The summed E-state index contributed by atoms with van der Waals surface area (Å²) >= 11 is 0. The first-order valence-corrected chi connectivity index (χ1v) is 7.96. The molecule has 2 N–H and O–H groups in total. The van der Waals surface area contributed by atoms with Crippen molar-refractivity contribution in [3.63, 3.8) is 0 Å². The van der Waals surface area contributed by atoms with Crippen LogP contribution in [0.3, 0.4) is 0 Å². The highest BCUT2D eigenvalue weighted by Gasteiger charge is 2.53. The fourth-order valence-corrected chi connectivity index (χ4v) is 5.58. The van der Waals surface area contributed by atoms with Gasteiger partial charge in [0.1, 0.15) is 5.82 Å². The molecule has 0 aromatic carbocycles. The van der Waals surface area contributed by atoms with E-state index in [1.54, 1.807) is 0 Å². The SMILES string of the molecule is CCc1nn(C23CC4CC(CC(C4)C2)C3)c(N)c1C. The quantitative estimate of drug-likeness (QED) is 0.886. The number of nitrogen functional groups attached to an aromatic ring is 1. The van der Waals surface area contributed by atoms with Crippen LogP contribution in [0.2, 0.25) is 0 Å². The van der Waals surface area contributed by atoms with Crippen molar-refractivity contribution < 1.29 is 0 Å². The van der Waals surface area contributed by atoms with Crippen LogP contribution < -0.4 is 5.73 Å². The van der Waals surface area contributed by atoms with Gasteiger partial charge in [0.15, 0.2) is 0 Å². The second kappa shape index (κ2) is 3.77. The lowest BCUT2D eigenvalue weighted by Crippen LogP contribution is -2.52. The highest BCUT2D eigenvalue weighted by Crippen LogP contribution is 2.59. The van der Waals surface area contributed by atoms with Crippen molar-refractivity contribution in [1.29, 1.82) is 0 Å². The summed E-state index contributed by atoms with van der Waals surface area (Å²) in [6, 6.07) is 0. The van der Waals surface area contributed by atoms with Crippen LogP contribution in [0.1, 0.15) is 56.7 Å². The molecule has 4 fully saturated rings. The van der Waals surface area contributed by atoms with Gasteiger partial charge in [0, 0.05) is 5.56 Å². The minimum atomic E-state index is 0.275. The summed E-state index contributed by atoms with van der Waals surface area (Å²) in [7, 11) is 0. The monoisotopic (exact) mass is 259 g/mol.